The van der Waals surface area contributed by atoms with Crippen molar-refractivity contribution in [3.8, 4) is 11.5 Å². The van der Waals surface area contributed by atoms with Crippen molar-refractivity contribution in [2.45, 2.75) is 13.1 Å². The van der Waals surface area contributed by atoms with Crippen molar-refractivity contribution >= 4 is 0 Å². The smallest absolute Gasteiger partial charge is 0.441 e. The minimum Gasteiger partial charge on any atom is -0.451 e. The molecule has 0 spiro atoms. The SMILES string of the molecule is NCc1noc(=O)n1Cc1ccc(Oc2ccccc2F)c(F)c1. The van der Waals surface area contributed by atoms with E-state index in [0.29, 0.717) is 5.56 Å². The van der Waals surface area contributed by atoms with Crippen LogP contribution in [-0.2, 0) is 13.1 Å². The summed E-state index contributed by atoms with van der Waals surface area (Å²) in [5.74, 6) is -1.90. The fourth-order valence-corrected chi connectivity index (χ4v) is 2.15. The van der Waals surface area contributed by atoms with Crippen molar-refractivity contribution in [2.24, 2.45) is 5.73 Å². The topological polar surface area (TPSA) is 83.3 Å². The molecule has 0 saturated carbocycles. The van der Waals surface area contributed by atoms with E-state index in [1.165, 1.54) is 34.9 Å². The van der Waals surface area contributed by atoms with Crippen molar-refractivity contribution in [1.29, 1.82) is 0 Å². The van der Waals surface area contributed by atoms with Crippen LogP contribution in [0.4, 0.5) is 8.78 Å². The summed E-state index contributed by atoms with van der Waals surface area (Å²) in [4.78, 5) is 11.6. The number of aromatic nitrogens is 2. The molecule has 0 aliphatic heterocycles. The van der Waals surface area contributed by atoms with Crippen LogP contribution in [0.25, 0.3) is 0 Å². The lowest BCUT2D eigenvalue weighted by Gasteiger charge is -2.09. The van der Waals surface area contributed by atoms with Crippen molar-refractivity contribution in [2.75, 3.05) is 0 Å². The summed E-state index contributed by atoms with van der Waals surface area (Å²) < 4.78 is 38.7. The van der Waals surface area contributed by atoms with Crippen molar-refractivity contribution < 1.29 is 18.0 Å². The molecule has 0 aliphatic rings. The maximum absolute atomic E-state index is 14.2. The molecule has 0 saturated heterocycles. The van der Waals surface area contributed by atoms with Gasteiger partial charge in [-0.3, -0.25) is 9.09 Å². The highest BCUT2D eigenvalue weighted by Gasteiger charge is 2.12. The maximum atomic E-state index is 14.2. The number of ether oxygens (including phenoxy) is 1. The summed E-state index contributed by atoms with van der Waals surface area (Å²) >= 11 is 0. The third-order valence-electron chi connectivity index (χ3n) is 3.34. The Morgan fingerprint density at radius 2 is 1.88 bits per heavy atom. The number of hydrogen-bond acceptors (Lipinski definition) is 5. The first-order chi connectivity index (χ1) is 11.6. The number of nitrogens with two attached hydrogens (primary N) is 1. The lowest BCUT2D eigenvalue weighted by Crippen LogP contribution is -2.19. The molecule has 2 aromatic carbocycles. The van der Waals surface area contributed by atoms with Gasteiger partial charge < -0.3 is 10.5 Å². The van der Waals surface area contributed by atoms with Crippen LogP contribution in [0.5, 0.6) is 11.5 Å². The van der Waals surface area contributed by atoms with Gasteiger partial charge >= 0.3 is 5.76 Å². The van der Waals surface area contributed by atoms with Crippen LogP contribution in [-0.4, -0.2) is 9.72 Å². The Kier molecular flexibility index (Phi) is 4.39. The number of nitrogens with zero attached hydrogens (tertiary/aromatic N) is 2. The molecule has 1 aromatic heterocycles. The molecule has 2 N–H and O–H groups in total. The summed E-state index contributed by atoms with van der Waals surface area (Å²) in [6.45, 7) is 0.0640. The number of benzene rings is 2. The van der Waals surface area contributed by atoms with E-state index in [4.69, 9.17) is 10.5 Å². The molecule has 0 radical (unpaired) electrons. The summed E-state index contributed by atoms with van der Waals surface area (Å²) in [5.41, 5.74) is 5.94. The van der Waals surface area contributed by atoms with E-state index in [1.807, 2.05) is 0 Å². The van der Waals surface area contributed by atoms with E-state index >= 15 is 0 Å². The van der Waals surface area contributed by atoms with Gasteiger partial charge in [0.15, 0.2) is 29.0 Å². The molecule has 24 heavy (non-hydrogen) atoms. The lowest BCUT2D eigenvalue weighted by atomic mass is 10.2. The first-order valence-electron chi connectivity index (χ1n) is 7.04. The van der Waals surface area contributed by atoms with E-state index < -0.39 is 17.4 Å². The maximum Gasteiger partial charge on any atom is 0.441 e. The molecule has 6 nitrogen and oxygen atoms in total. The summed E-state index contributed by atoms with van der Waals surface area (Å²) in [7, 11) is 0. The standard InChI is InChI=1S/C16H13F2N3O3/c17-11-3-1-2-4-13(11)23-14-6-5-10(7-12(14)18)9-21-15(8-19)20-24-16(21)22/h1-7H,8-9,19H2. The average Bonchev–Trinajstić information content (AvgIpc) is 2.92. The number of hydrogen-bond donors (Lipinski definition) is 1. The lowest BCUT2D eigenvalue weighted by molar-refractivity contribution is 0.374. The molecular weight excluding hydrogens is 320 g/mol. The molecule has 1 heterocycles. The Hall–Kier alpha value is -3.00. The average molecular weight is 333 g/mol. The van der Waals surface area contributed by atoms with Gasteiger partial charge in [0, 0.05) is 0 Å². The van der Waals surface area contributed by atoms with Crippen molar-refractivity contribution in [3.63, 3.8) is 0 Å². The fourth-order valence-electron chi connectivity index (χ4n) is 2.15. The Morgan fingerprint density at radius 1 is 1.12 bits per heavy atom. The minimum absolute atomic E-state index is 0.0166. The summed E-state index contributed by atoms with van der Waals surface area (Å²) in [6.07, 6.45) is 0. The predicted octanol–water partition coefficient (Wildman–Crippen LogP) is 2.41. The molecule has 0 fully saturated rings. The minimum atomic E-state index is -0.686. The van der Waals surface area contributed by atoms with Gasteiger partial charge in [-0.15, -0.1) is 0 Å². The highest BCUT2D eigenvalue weighted by Crippen LogP contribution is 2.27. The van der Waals surface area contributed by atoms with E-state index in [0.717, 1.165) is 0 Å². The van der Waals surface area contributed by atoms with Gasteiger partial charge in [-0.25, -0.2) is 13.6 Å². The van der Waals surface area contributed by atoms with Gasteiger partial charge in [-0.1, -0.05) is 23.4 Å². The van der Waals surface area contributed by atoms with Crippen LogP contribution >= 0.6 is 0 Å². The zero-order chi connectivity index (χ0) is 17.1. The van der Waals surface area contributed by atoms with Crippen LogP contribution in [0.15, 0.2) is 51.8 Å². The second-order valence-corrected chi connectivity index (χ2v) is 4.95. The third kappa shape index (κ3) is 3.18. The molecule has 3 aromatic rings. The highest BCUT2D eigenvalue weighted by atomic mass is 19.1. The zero-order valence-electron chi connectivity index (χ0n) is 12.4. The quantitative estimate of drug-likeness (QED) is 0.775. The molecule has 0 bridgehead atoms. The molecule has 0 atom stereocenters. The third-order valence-corrected chi connectivity index (χ3v) is 3.34. The molecule has 124 valence electrons. The van der Waals surface area contributed by atoms with Crippen LogP contribution < -0.4 is 16.2 Å². The van der Waals surface area contributed by atoms with Gasteiger partial charge in [-0.05, 0) is 29.8 Å². The largest absolute Gasteiger partial charge is 0.451 e. The van der Waals surface area contributed by atoms with Crippen LogP contribution in [0.1, 0.15) is 11.4 Å². The molecule has 8 heteroatoms. The predicted molar refractivity (Wildman–Crippen MR) is 80.6 cm³/mol. The summed E-state index contributed by atoms with van der Waals surface area (Å²) in [6, 6.07) is 9.80. The van der Waals surface area contributed by atoms with Gasteiger partial charge in [0.25, 0.3) is 0 Å². The first-order valence-corrected chi connectivity index (χ1v) is 7.04. The van der Waals surface area contributed by atoms with Gasteiger partial charge in [0.1, 0.15) is 0 Å². The molecule has 0 amide bonds. The normalized spacial score (nSPS) is 10.8. The number of halogens is 2. The zero-order valence-corrected chi connectivity index (χ0v) is 12.4. The second-order valence-electron chi connectivity index (χ2n) is 4.95. The Balaban J connectivity index is 1.84. The van der Waals surface area contributed by atoms with Gasteiger partial charge in [0.2, 0.25) is 0 Å². The van der Waals surface area contributed by atoms with Crippen LogP contribution in [0, 0.1) is 11.6 Å². The Morgan fingerprint density at radius 3 is 2.58 bits per heavy atom. The Labute approximate surface area is 135 Å². The van der Waals surface area contributed by atoms with E-state index in [-0.39, 0.29) is 30.4 Å². The molecule has 3 rings (SSSR count). The molecule has 0 aliphatic carbocycles. The molecular formula is C16H13F2N3O3. The van der Waals surface area contributed by atoms with E-state index in [9.17, 15) is 13.6 Å². The van der Waals surface area contributed by atoms with Crippen molar-refractivity contribution in [3.05, 3.63) is 76.0 Å². The van der Waals surface area contributed by atoms with Crippen LogP contribution in [0.3, 0.4) is 0 Å². The van der Waals surface area contributed by atoms with Crippen molar-refractivity contribution in [1.82, 2.24) is 9.72 Å². The van der Waals surface area contributed by atoms with Crippen LogP contribution in [0.2, 0.25) is 0 Å². The van der Waals surface area contributed by atoms with E-state index in [2.05, 4.69) is 9.68 Å². The van der Waals surface area contributed by atoms with Gasteiger partial charge in [-0.2, -0.15) is 0 Å². The van der Waals surface area contributed by atoms with E-state index in [1.54, 1.807) is 12.1 Å². The number of para-hydroxylation sites is 1. The first kappa shape index (κ1) is 15.9. The fraction of sp³-hybridized carbons (Fsp3) is 0.125. The molecule has 0 unspecified atom stereocenters. The monoisotopic (exact) mass is 333 g/mol. The summed E-state index contributed by atoms with van der Waals surface area (Å²) in [5, 5.41) is 3.53. The van der Waals surface area contributed by atoms with Gasteiger partial charge in [0.05, 0.1) is 13.1 Å². The second kappa shape index (κ2) is 6.63. The number of rotatable bonds is 5. The highest BCUT2D eigenvalue weighted by molar-refractivity contribution is 5.35. The Bertz CT molecular complexity index is 921.